The Morgan fingerprint density at radius 1 is 1.43 bits per heavy atom. The molecule has 0 aliphatic rings. The fourth-order valence-electron chi connectivity index (χ4n) is 0.723. The fraction of sp³-hybridized carbons (Fsp3) is 0.750. The molecule has 0 saturated heterocycles. The molecule has 0 heterocycles. The van der Waals surface area contributed by atoms with E-state index in [9.17, 15) is 9.59 Å². The summed E-state index contributed by atoms with van der Waals surface area (Å²) >= 11 is 0. The average Bonchev–Trinajstić information content (AvgIpc) is 2.12. The van der Waals surface area contributed by atoms with Crippen LogP contribution in [-0.4, -0.2) is 25.0 Å². The zero-order valence-corrected chi connectivity index (χ0v) is 8.41. The molecule has 82 valence electrons. The van der Waals surface area contributed by atoms with Crippen LogP contribution < -0.4 is 11.1 Å². The van der Waals surface area contributed by atoms with Gasteiger partial charge in [-0.05, 0) is 6.42 Å². The Labute approximate surface area is 82.7 Å². The van der Waals surface area contributed by atoms with Crippen LogP contribution in [0.5, 0.6) is 0 Å². The summed E-state index contributed by atoms with van der Waals surface area (Å²) in [6, 6.07) is 0. The predicted molar refractivity (Wildman–Crippen MR) is 49.5 cm³/mol. The highest BCUT2D eigenvalue weighted by Gasteiger charge is 2.13. The van der Waals surface area contributed by atoms with Gasteiger partial charge in [0.2, 0.25) is 0 Å². The first kappa shape index (κ1) is 12.5. The molecule has 6 heteroatoms. The number of alkyl carbamates (subject to hydrolysis) is 1. The van der Waals surface area contributed by atoms with E-state index in [2.05, 4.69) is 10.1 Å². The lowest BCUT2D eigenvalue weighted by atomic mass is 10.4. The molecule has 2 amide bonds. The molecule has 0 saturated carbocycles. The third-order valence-electron chi connectivity index (χ3n) is 1.35. The summed E-state index contributed by atoms with van der Waals surface area (Å²) in [4.78, 5) is 21.4. The van der Waals surface area contributed by atoms with E-state index in [1.54, 1.807) is 6.92 Å². The Morgan fingerprint density at radius 3 is 2.50 bits per heavy atom. The smallest absolute Gasteiger partial charge is 0.409 e. The number of hydrogen-bond acceptors (Lipinski definition) is 4. The first-order valence-electron chi connectivity index (χ1n) is 4.49. The van der Waals surface area contributed by atoms with Crippen molar-refractivity contribution in [2.75, 3.05) is 6.61 Å². The summed E-state index contributed by atoms with van der Waals surface area (Å²) in [5.74, 6) is 0. The highest BCUT2D eigenvalue weighted by atomic mass is 16.6. The van der Waals surface area contributed by atoms with Crippen LogP contribution in [0.2, 0.25) is 0 Å². The van der Waals surface area contributed by atoms with Gasteiger partial charge in [0.25, 0.3) is 0 Å². The molecule has 0 bridgehead atoms. The van der Waals surface area contributed by atoms with E-state index in [0.717, 1.165) is 6.42 Å². The second-order valence-electron chi connectivity index (χ2n) is 2.61. The van der Waals surface area contributed by atoms with Crippen molar-refractivity contribution in [3.8, 4) is 0 Å². The molecular formula is C8H16N2O4. The number of carbonyl (C=O) groups is 2. The molecule has 6 nitrogen and oxygen atoms in total. The van der Waals surface area contributed by atoms with Crippen LogP contribution in [0.3, 0.4) is 0 Å². The number of nitrogens with two attached hydrogens (primary N) is 1. The van der Waals surface area contributed by atoms with Crippen molar-refractivity contribution in [2.24, 2.45) is 5.73 Å². The van der Waals surface area contributed by atoms with E-state index in [4.69, 9.17) is 10.5 Å². The fourth-order valence-corrected chi connectivity index (χ4v) is 0.723. The lowest BCUT2D eigenvalue weighted by molar-refractivity contribution is 0.0716. The lowest BCUT2D eigenvalue weighted by Gasteiger charge is -2.15. The normalized spacial score (nSPS) is 11.6. The van der Waals surface area contributed by atoms with Gasteiger partial charge in [-0.25, -0.2) is 9.59 Å². The maximum atomic E-state index is 11.0. The van der Waals surface area contributed by atoms with E-state index >= 15 is 0 Å². The SMILES string of the molecule is CCCOC(=O)NC(CC)OC(N)=O. The van der Waals surface area contributed by atoms with E-state index in [1.165, 1.54) is 0 Å². The molecule has 0 aliphatic carbocycles. The number of nitrogens with one attached hydrogen (secondary N) is 1. The van der Waals surface area contributed by atoms with Crippen molar-refractivity contribution in [1.82, 2.24) is 5.32 Å². The minimum Gasteiger partial charge on any atom is -0.449 e. The summed E-state index contributed by atoms with van der Waals surface area (Å²) in [5.41, 5.74) is 4.79. The number of hydrogen-bond donors (Lipinski definition) is 2. The van der Waals surface area contributed by atoms with Gasteiger partial charge in [0.15, 0.2) is 6.23 Å². The van der Waals surface area contributed by atoms with E-state index < -0.39 is 18.4 Å². The maximum absolute atomic E-state index is 11.0. The summed E-state index contributed by atoms with van der Waals surface area (Å²) in [5, 5.41) is 2.35. The Bertz CT molecular complexity index is 196. The molecule has 0 spiro atoms. The summed E-state index contributed by atoms with van der Waals surface area (Å²) in [7, 11) is 0. The summed E-state index contributed by atoms with van der Waals surface area (Å²) < 4.78 is 9.30. The summed E-state index contributed by atoms with van der Waals surface area (Å²) in [6.07, 6.45) is -1.09. The van der Waals surface area contributed by atoms with Gasteiger partial charge in [0.05, 0.1) is 6.61 Å². The van der Waals surface area contributed by atoms with Crippen LogP contribution in [-0.2, 0) is 9.47 Å². The largest absolute Gasteiger partial charge is 0.449 e. The number of rotatable bonds is 5. The highest BCUT2D eigenvalue weighted by molar-refractivity contribution is 5.69. The van der Waals surface area contributed by atoms with E-state index in [-0.39, 0.29) is 0 Å². The Kier molecular flexibility index (Phi) is 6.26. The van der Waals surface area contributed by atoms with Crippen LogP contribution in [0.25, 0.3) is 0 Å². The first-order valence-corrected chi connectivity index (χ1v) is 4.49. The Hall–Kier alpha value is -1.46. The van der Waals surface area contributed by atoms with Gasteiger partial charge >= 0.3 is 12.2 Å². The predicted octanol–water partition coefficient (Wildman–Crippen LogP) is 0.954. The van der Waals surface area contributed by atoms with Gasteiger partial charge in [-0.1, -0.05) is 13.8 Å². The molecular weight excluding hydrogens is 188 g/mol. The van der Waals surface area contributed by atoms with Crippen molar-refractivity contribution in [1.29, 1.82) is 0 Å². The monoisotopic (exact) mass is 204 g/mol. The molecule has 0 aliphatic heterocycles. The van der Waals surface area contributed by atoms with Crippen molar-refractivity contribution in [3.05, 3.63) is 0 Å². The minimum absolute atomic E-state index is 0.332. The standard InChI is InChI=1S/C8H16N2O4/c1-3-5-13-8(12)10-6(4-2)14-7(9)11/h6H,3-5H2,1-2H3,(H2,9,11)(H,10,12). The maximum Gasteiger partial charge on any atom is 0.409 e. The van der Waals surface area contributed by atoms with Crippen LogP contribution >= 0.6 is 0 Å². The zero-order chi connectivity index (χ0) is 11.0. The molecule has 0 fully saturated rings. The van der Waals surface area contributed by atoms with Crippen LogP contribution in [0.1, 0.15) is 26.7 Å². The number of ether oxygens (including phenoxy) is 2. The van der Waals surface area contributed by atoms with Gasteiger partial charge in [-0.2, -0.15) is 0 Å². The van der Waals surface area contributed by atoms with Crippen molar-refractivity contribution in [3.63, 3.8) is 0 Å². The molecule has 3 N–H and O–H groups in total. The highest BCUT2D eigenvalue weighted by Crippen LogP contribution is 1.94. The van der Waals surface area contributed by atoms with Crippen molar-refractivity contribution < 1.29 is 19.1 Å². The molecule has 0 aromatic carbocycles. The molecule has 0 aromatic heterocycles. The second kappa shape index (κ2) is 6.99. The minimum atomic E-state index is -0.923. The van der Waals surface area contributed by atoms with Gasteiger partial charge in [0.1, 0.15) is 0 Å². The second-order valence-corrected chi connectivity index (χ2v) is 2.61. The molecule has 14 heavy (non-hydrogen) atoms. The third kappa shape index (κ3) is 6.10. The number of primary amides is 1. The quantitative estimate of drug-likeness (QED) is 0.652. The first-order chi connectivity index (χ1) is 6.60. The third-order valence-corrected chi connectivity index (χ3v) is 1.35. The Balaban J connectivity index is 3.80. The van der Waals surface area contributed by atoms with E-state index in [0.29, 0.717) is 13.0 Å². The number of amides is 2. The van der Waals surface area contributed by atoms with Crippen LogP contribution in [0.15, 0.2) is 0 Å². The van der Waals surface area contributed by atoms with E-state index in [1.807, 2.05) is 6.92 Å². The Morgan fingerprint density at radius 2 is 2.07 bits per heavy atom. The zero-order valence-electron chi connectivity index (χ0n) is 8.41. The van der Waals surface area contributed by atoms with Gasteiger partial charge in [-0.3, -0.25) is 5.32 Å². The number of carbonyl (C=O) groups excluding carboxylic acids is 2. The van der Waals surface area contributed by atoms with Gasteiger partial charge in [-0.15, -0.1) is 0 Å². The molecule has 0 aromatic rings. The van der Waals surface area contributed by atoms with Gasteiger partial charge in [0, 0.05) is 6.42 Å². The average molecular weight is 204 g/mol. The molecule has 1 atom stereocenters. The summed E-state index contributed by atoms with van der Waals surface area (Å²) in [6.45, 7) is 3.96. The van der Waals surface area contributed by atoms with Crippen LogP contribution in [0.4, 0.5) is 9.59 Å². The molecule has 0 radical (unpaired) electrons. The van der Waals surface area contributed by atoms with Crippen LogP contribution in [0, 0.1) is 0 Å². The molecule has 0 rings (SSSR count). The lowest BCUT2D eigenvalue weighted by Crippen LogP contribution is -2.39. The molecule has 1 unspecified atom stereocenters. The van der Waals surface area contributed by atoms with Crippen molar-refractivity contribution >= 4 is 12.2 Å². The van der Waals surface area contributed by atoms with Gasteiger partial charge < -0.3 is 15.2 Å². The topological polar surface area (TPSA) is 90.7 Å². The van der Waals surface area contributed by atoms with Crippen molar-refractivity contribution in [2.45, 2.75) is 32.9 Å².